The van der Waals surface area contributed by atoms with Crippen LogP contribution in [0.3, 0.4) is 0 Å². The third kappa shape index (κ3) is 7.04. The molecule has 1 amide bonds. The molecule has 4 atom stereocenters. The number of aryl methyl sites for hydroxylation is 1. The fourth-order valence-corrected chi connectivity index (χ4v) is 4.76. The Kier molecular flexibility index (Phi) is 9.01. The first-order chi connectivity index (χ1) is 18.7. The summed E-state index contributed by atoms with van der Waals surface area (Å²) in [6.07, 6.45) is 2.42. The molecule has 2 N–H and O–H groups in total. The molecule has 9 heteroatoms. The second-order valence-corrected chi connectivity index (χ2v) is 9.77. The zero-order valence-corrected chi connectivity index (χ0v) is 22.2. The smallest absolute Gasteiger partial charge is 0.328 e. The second-order valence-electron chi connectivity index (χ2n) is 9.77. The average molecular weight is 537 g/mol. The molecule has 0 spiro atoms. The van der Waals surface area contributed by atoms with Crippen LogP contribution in [0.4, 0.5) is 4.39 Å². The molecule has 4 rings (SSSR count). The van der Waals surface area contributed by atoms with Gasteiger partial charge in [-0.05, 0) is 69.4 Å². The van der Waals surface area contributed by atoms with E-state index in [1.807, 2.05) is 31.2 Å². The summed E-state index contributed by atoms with van der Waals surface area (Å²) in [6.45, 7) is 3.80. The van der Waals surface area contributed by atoms with E-state index in [1.54, 1.807) is 19.1 Å². The first kappa shape index (κ1) is 27.9. The summed E-state index contributed by atoms with van der Waals surface area (Å²) in [5.74, 6) is -1.46. The van der Waals surface area contributed by atoms with E-state index in [4.69, 9.17) is 14.2 Å². The number of nitrogens with one attached hydrogen (secondary N) is 1. The zero-order valence-electron chi connectivity index (χ0n) is 22.2. The summed E-state index contributed by atoms with van der Waals surface area (Å²) >= 11 is 0. The van der Waals surface area contributed by atoms with Crippen LogP contribution in [0.1, 0.15) is 47.8 Å². The van der Waals surface area contributed by atoms with Crippen LogP contribution in [0.2, 0.25) is 0 Å². The van der Waals surface area contributed by atoms with Crippen molar-refractivity contribution in [2.24, 2.45) is 5.92 Å². The maximum Gasteiger partial charge on any atom is 0.328 e. The van der Waals surface area contributed by atoms with Crippen molar-refractivity contribution < 1.29 is 33.3 Å². The molecular formula is C30H33FN2O6. The fraction of sp³-hybridized carbons (Fsp3) is 0.367. The number of carbonyl (C=O) groups excluding carboxylic acids is 2. The summed E-state index contributed by atoms with van der Waals surface area (Å²) < 4.78 is 30.9. The molecule has 2 aromatic carbocycles. The van der Waals surface area contributed by atoms with Gasteiger partial charge in [0.2, 0.25) is 0 Å². The Hall–Kier alpha value is -4.14. The third-order valence-electron chi connectivity index (χ3n) is 6.97. The molecule has 0 unspecified atom stereocenters. The van der Waals surface area contributed by atoms with Gasteiger partial charge < -0.3 is 24.6 Å². The van der Waals surface area contributed by atoms with Crippen LogP contribution in [0.15, 0.2) is 60.8 Å². The highest BCUT2D eigenvalue weighted by atomic mass is 19.1. The van der Waals surface area contributed by atoms with Crippen molar-refractivity contribution in [3.63, 3.8) is 0 Å². The average Bonchev–Trinajstić information content (AvgIpc) is 2.96. The molecule has 0 aliphatic carbocycles. The maximum atomic E-state index is 13.5. The Morgan fingerprint density at radius 3 is 2.54 bits per heavy atom. The summed E-state index contributed by atoms with van der Waals surface area (Å²) in [6, 6.07) is 14.5. The Morgan fingerprint density at radius 2 is 1.85 bits per heavy atom. The van der Waals surface area contributed by atoms with Crippen LogP contribution in [-0.4, -0.2) is 47.3 Å². The van der Waals surface area contributed by atoms with Crippen molar-refractivity contribution in [3.8, 4) is 17.2 Å². The SMILES string of the molecule is COc1ccnc(C(=O)N[C@H]2CCC[C@H](Oc3ccc(C)cc3)[C@@H](Cc3ccc(F)cc3)[C@H](C)OC2=O)c1O. The van der Waals surface area contributed by atoms with Crippen LogP contribution < -0.4 is 14.8 Å². The molecule has 0 radical (unpaired) electrons. The molecule has 0 bridgehead atoms. The van der Waals surface area contributed by atoms with Gasteiger partial charge in [-0.25, -0.2) is 14.2 Å². The van der Waals surface area contributed by atoms with E-state index in [-0.39, 0.29) is 29.3 Å². The molecule has 1 aliphatic rings. The summed E-state index contributed by atoms with van der Waals surface area (Å²) in [5.41, 5.74) is 1.76. The van der Waals surface area contributed by atoms with Crippen molar-refractivity contribution in [1.82, 2.24) is 10.3 Å². The van der Waals surface area contributed by atoms with Gasteiger partial charge in [0.05, 0.1) is 7.11 Å². The number of nitrogens with zero attached hydrogens (tertiary/aromatic N) is 1. The fourth-order valence-electron chi connectivity index (χ4n) is 4.76. The van der Waals surface area contributed by atoms with Gasteiger partial charge in [0.25, 0.3) is 5.91 Å². The molecule has 3 aromatic rings. The predicted octanol–water partition coefficient (Wildman–Crippen LogP) is 4.76. The predicted molar refractivity (Wildman–Crippen MR) is 142 cm³/mol. The van der Waals surface area contributed by atoms with Crippen molar-refractivity contribution in [2.75, 3.05) is 7.11 Å². The molecule has 1 saturated heterocycles. The lowest BCUT2D eigenvalue weighted by Gasteiger charge is -2.31. The van der Waals surface area contributed by atoms with Gasteiger partial charge in [0.1, 0.15) is 29.8 Å². The van der Waals surface area contributed by atoms with Gasteiger partial charge in [-0.15, -0.1) is 0 Å². The maximum absolute atomic E-state index is 13.5. The number of halogens is 1. The number of aromatic hydroxyl groups is 1. The van der Waals surface area contributed by atoms with Crippen molar-refractivity contribution >= 4 is 11.9 Å². The first-order valence-electron chi connectivity index (χ1n) is 13.0. The molecule has 1 fully saturated rings. The number of cyclic esters (lactones) is 1. The van der Waals surface area contributed by atoms with Crippen LogP contribution in [0, 0.1) is 18.7 Å². The number of amides is 1. The van der Waals surface area contributed by atoms with E-state index in [9.17, 15) is 19.1 Å². The monoisotopic (exact) mass is 536 g/mol. The molecular weight excluding hydrogens is 503 g/mol. The van der Waals surface area contributed by atoms with Crippen LogP contribution >= 0.6 is 0 Å². The number of pyridine rings is 1. The van der Waals surface area contributed by atoms with Gasteiger partial charge in [-0.3, -0.25) is 4.79 Å². The number of esters is 1. The quantitative estimate of drug-likeness (QED) is 0.419. The van der Waals surface area contributed by atoms with Crippen molar-refractivity contribution in [2.45, 2.75) is 57.8 Å². The Morgan fingerprint density at radius 1 is 1.13 bits per heavy atom. The molecule has 39 heavy (non-hydrogen) atoms. The lowest BCUT2D eigenvalue weighted by molar-refractivity contribution is -0.154. The lowest BCUT2D eigenvalue weighted by atomic mass is 9.87. The summed E-state index contributed by atoms with van der Waals surface area (Å²) in [7, 11) is 1.37. The number of rotatable bonds is 7. The second kappa shape index (κ2) is 12.6. The number of carbonyl (C=O) groups is 2. The zero-order chi connectivity index (χ0) is 27.9. The van der Waals surface area contributed by atoms with Gasteiger partial charge in [-0.2, -0.15) is 0 Å². The number of ether oxygens (including phenoxy) is 3. The summed E-state index contributed by atoms with van der Waals surface area (Å²) in [4.78, 5) is 30.1. The topological polar surface area (TPSA) is 107 Å². The molecule has 8 nitrogen and oxygen atoms in total. The van der Waals surface area contributed by atoms with Gasteiger partial charge >= 0.3 is 5.97 Å². The Bertz CT molecular complexity index is 1280. The number of aromatic nitrogens is 1. The summed E-state index contributed by atoms with van der Waals surface area (Å²) in [5, 5.41) is 13.0. The Balaban J connectivity index is 1.56. The minimum Gasteiger partial charge on any atom is -0.503 e. The largest absolute Gasteiger partial charge is 0.503 e. The van der Waals surface area contributed by atoms with E-state index in [0.717, 1.165) is 11.1 Å². The normalized spacial score (nSPS) is 21.6. The van der Waals surface area contributed by atoms with E-state index < -0.39 is 29.8 Å². The highest BCUT2D eigenvalue weighted by Crippen LogP contribution is 2.30. The van der Waals surface area contributed by atoms with Gasteiger partial charge in [0, 0.05) is 18.2 Å². The number of hydrogen-bond donors (Lipinski definition) is 2. The van der Waals surface area contributed by atoms with Crippen LogP contribution in [-0.2, 0) is 16.0 Å². The van der Waals surface area contributed by atoms with E-state index in [1.165, 1.54) is 31.5 Å². The lowest BCUT2D eigenvalue weighted by Crippen LogP contribution is -2.44. The molecule has 2 heterocycles. The molecule has 1 aliphatic heterocycles. The minimum atomic E-state index is -0.947. The van der Waals surface area contributed by atoms with E-state index in [0.29, 0.717) is 31.4 Å². The van der Waals surface area contributed by atoms with Crippen molar-refractivity contribution in [3.05, 3.63) is 83.4 Å². The minimum absolute atomic E-state index is 0.0977. The molecule has 1 aromatic heterocycles. The van der Waals surface area contributed by atoms with Gasteiger partial charge in [0.15, 0.2) is 17.2 Å². The van der Waals surface area contributed by atoms with Crippen molar-refractivity contribution in [1.29, 1.82) is 0 Å². The Labute approximate surface area is 227 Å². The molecule has 0 saturated carbocycles. The van der Waals surface area contributed by atoms with Gasteiger partial charge in [-0.1, -0.05) is 29.8 Å². The number of hydrogen-bond acceptors (Lipinski definition) is 7. The standard InChI is InChI=1S/C30H33FN2O6/c1-18-7-13-22(14-8-18)39-25-6-4-5-24(33-29(35)27-28(34)26(37-3)15-16-32-27)30(36)38-19(2)23(25)17-20-9-11-21(31)12-10-20/h7-16,19,23-25,34H,4-6,17H2,1-3H3,(H,33,35)/t19-,23-,24-,25-/m0/s1. The third-order valence-corrected chi connectivity index (χ3v) is 6.97. The molecule has 206 valence electrons. The number of benzene rings is 2. The van der Waals surface area contributed by atoms with E-state index in [2.05, 4.69) is 10.3 Å². The first-order valence-corrected chi connectivity index (χ1v) is 13.0. The highest BCUT2D eigenvalue weighted by molar-refractivity contribution is 5.97. The van der Waals surface area contributed by atoms with Crippen LogP contribution in [0.25, 0.3) is 0 Å². The number of methoxy groups -OCH3 is 1. The van der Waals surface area contributed by atoms with Crippen LogP contribution in [0.5, 0.6) is 17.2 Å². The van der Waals surface area contributed by atoms with E-state index >= 15 is 0 Å². The highest BCUT2D eigenvalue weighted by Gasteiger charge is 2.36.